The van der Waals surface area contributed by atoms with Crippen molar-refractivity contribution in [2.24, 2.45) is 0 Å². The molecule has 0 aliphatic rings. The van der Waals surface area contributed by atoms with Gasteiger partial charge in [-0.1, -0.05) is 24.3 Å². The third kappa shape index (κ3) is 4.66. The molecule has 8 nitrogen and oxygen atoms in total. The molecule has 0 spiro atoms. The largest absolute Gasteiger partial charge is 0.461 e. The number of thiazole rings is 1. The topological polar surface area (TPSA) is 106 Å². The number of esters is 1. The zero-order valence-corrected chi connectivity index (χ0v) is 17.9. The van der Waals surface area contributed by atoms with E-state index in [1.54, 1.807) is 37.3 Å². The summed E-state index contributed by atoms with van der Waals surface area (Å²) >= 11 is 1.07. The molecule has 3 rings (SSSR count). The standard InChI is InChI=1S/C20H19N3O5S2/c1-3-28-19(25)17-13-29-20(21-17)22-18(24)14-8-7-11-16(12-14)30(26,27)23(2)15-9-5-4-6-10-15/h4-13H,3H2,1-2H3,(H,21,22,24). The summed E-state index contributed by atoms with van der Waals surface area (Å²) in [6, 6.07) is 14.3. The number of hydrogen-bond acceptors (Lipinski definition) is 7. The molecule has 2 aromatic carbocycles. The van der Waals surface area contributed by atoms with Crippen LogP contribution < -0.4 is 9.62 Å². The minimum absolute atomic E-state index is 0.0205. The maximum Gasteiger partial charge on any atom is 0.357 e. The summed E-state index contributed by atoms with van der Waals surface area (Å²) in [4.78, 5) is 28.3. The summed E-state index contributed by atoms with van der Waals surface area (Å²) in [6.07, 6.45) is 0. The molecule has 0 aliphatic carbocycles. The van der Waals surface area contributed by atoms with E-state index in [1.165, 1.54) is 36.7 Å². The van der Waals surface area contributed by atoms with Crippen molar-refractivity contribution in [1.82, 2.24) is 4.98 Å². The second-order valence-corrected chi connectivity index (χ2v) is 8.88. The van der Waals surface area contributed by atoms with Gasteiger partial charge in [-0.05, 0) is 37.3 Å². The van der Waals surface area contributed by atoms with E-state index >= 15 is 0 Å². The maximum atomic E-state index is 12.9. The van der Waals surface area contributed by atoms with Crippen LogP contribution in [0.15, 0.2) is 64.9 Å². The Bertz CT molecular complexity index is 1160. The van der Waals surface area contributed by atoms with E-state index in [0.717, 1.165) is 15.6 Å². The van der Waals surface area contributed by atoms with E-state index in [1.807, 2.05) is 0 Å². The summed E-state index contributed by atoms with van der Waals surface area (Å²) in [5.41, 5.74) is 0.741. The van der Waals surface area contributed by atoms with Gasteiger partial charge >= 0.3 is 5.97 Å². The Kier molecular flexibility index (Phi) is 6.48. The predicted octanol–water partition coefficient (Wildman–Crippen LogP) is 3.40. The first-order valence-corrected chi connectivity index (χ1v) is 11.2. The maximum absolute atomic E-state index is 12.9. The molecule has 1 N–H and O–H groups in total. The molecule has 10 heteroatoms. The summed E-state index contributed by atoms with van der Waals surface area (Å²) in [5.74, 6) is -1.12. The van der Waals surface area contributed by atoms with Gasteiger partial charge in [0.25, 0.3) is 15.9 Å². The highest BCUT2D eigenvalue weighted by molar-refractivity contribution is 7.92. The number of amides is 1. The Balaban J connectivity index is 1.79. The van der Waals surface area contributed by atoms with Crippen molar-refractivity contribution in [3.63, 3.8) is 0 Å². The number of benzene rings is 2. The van der Waals surface area contributed by atoms with Crippen LogP contribution in [0, 0.1) is 0 Å². The van der Waals surface area contributed by atoms with Crippen LogP contribution in [-0.4, -0.2) is 38.9 Å². The minimum Gasteiger partial charge on any atom is -0.461 e. The third-order valence-electron chi connectivity index (χ3n) is 4.08. The number of anilines is 2. The number of carbonyl (C=O) groups excluding carboxylic acids is 2. The van der Waals surface area contributed by atoms with Crippen LogP contribution >= 0.6 is 11.3 Å². The molecule has 0 atom stereocenters. The number of nitrogens with one attached hydrogen (secondary N) is 1. The molecule has 30 heavy (non-hydrogen) atoms. The SMILES string of the molecule is CCOC(=O)c1csc(NC(=O)c2cccc(S(=O)(=O)N(C)c3ccccc3)c2)n1. The second kappa shape index (κ2) is 9.06. The first kappa shape index (κ1) is 21.5. The van der Waals surface area contributed by atoms with Gasteiger partial charge in [-0.25, -0.2) is 18.2 Å². The van der Waals surface area contributed by atoms with Crippen molar-refractivity contribution in [2.45, 2.75) is 11.8 Å². The quantitative estimate of drug-likeness (QED) is 0.559. The van der Waals surface area contributed by atoms with E-state index in [9.17, 15) is 18.0 Å². The lowest BCUT2D eigenvalue weighted by Crippen LogP contribution is -2.26. The molecule has 0 unspecified atom stereocenters. The number of rotatable bonds is 7. The van der Waals surface area contributed by atoms with Crippen molar-refractivity contribution in [3.8, 4) is 0 Å². The molecule has 0 saturated heterocycles. The molecule has 3 aromatic rings. The Hall–Kier alpha value is -3.24. The van der Waals surface area contributed by atoms with Gasteiger partial charge < -0.3 is 4.74 Å². The smallest absolute Gasteiger partial charge is 0.357 e. The zero-order valence-electron chi connectivity index (χ0n) is 16.2. The van der Waals surface area contributed by atoms with Crippen LogP contribution in [0.3, 0.4) is 0 Å². The van der Waals surface area contributed by atoms with Crippen molar-refractivity contribution >= 4 is 44.1 Å². The summed E-state index contributed by atoms with van der Waals surface area (Å²) in [5, 5.41) is 4.25. The van der Waals surface area contributed by atoms with Crippen molar-refractivity contribution in [3.05, 3.63) is 71.2 Å². The summed E-state index contributed by atoms with van der Waals surface area (Å²) < 4.78 is 31.9. The number of ether oxygens (including phenoxy) is 1. The average Bonchev–Trinajstić information content (AvgIpc) is 3.22. The van der Waals surface area contributed by atoms with Gasteiger partial charge in [-0.15, -0.1) is 11.3 Å². The fourth-order valence-electron chi connectivity index (χ4n) is 2.53. The highest BCUT2D eigenvalue weighted by atomic mass is 32.2. The Morgan fingerprint density at radius 3 is 2.57 bits per heavy atom. The minimum atomic E-state index is -3.86. The first-order chi connectivity index (χ1) is 14.3. The predicted molar refractivity (Wildman–Crippen MR) is 114 cm³/mol. The number of aromatic nitrogens is 1. The van der Waals surface area contributed by atoms with Crippen molar-refractivity contribution < 1.29 is 22.7 Å². The lowest BCUT2D eigenvalue weighted by atomic mass is 10.2. The Morgan fingerprint density at radius 1 is 1.13 bits per heavy atom. The number of sulfonamides is 1. The van der Waals surface area contributed by atoms with E-state index in [4.69, 9.17) is 4.74 Å². The molecule has 0 fully saturated rings. The Labute approximate surface area is 178 Å². The van der Waals surface area contributed by atoms with Gasteiger partial charge in [0.2, 0.25) is 0 Å². The van der Waals surface area contributed by atoms with Crippen LogP contribution in [0.4, 0.5) is 10.8 Å². The lowest BCUT2D eigenvalue weighted by Gasteiger charge is -2.19. The highest BCUT2D eigenvalue weighted by Gasteiger charge is 2.22. The molecule has 0 bridgehead atoms. The van der Waals surface area contributed by atoms with Gasteiger partial charge in [0, 0.05) is 18.0 Å². The molecular weight excluding hydrogens is 426 g/mol. The van der Waals surface area contributed by atoms with Crippen LogP contribution in [0.1, 0.15) is 27.8 Å². The lowest BCUT2D eigenvalue weighted by molar-refractivity contribution is 0.0520. The number of hydrogen-bond donors (Lipinski definition) is 1. The molecule has 0 aliphatic heterocycles. The molecule has 0 saturated carbocycles. The molecule has 1 aromatic heterocycles. The number of nitrogens with zero attached hydrogens (tertiary/aromatic N) is 2. The van der Waals surface area contributed by atoms with E-state index in [2.05, 4.69) is 10.3 Å². The molecule has 1 heterocycles. The fourth-order valence-corrected chi connectivity index (χ4v) is 4.45. The summed E-state index contributed by atoms with van der Waals surface area (Å²) in [6.45, 7) is 1.90. The van der Waals surface area contributed by atoms with Gasteiger partial charge in [0.05, 0.1) is 17.2 Å². The number of para-hydroxylation sites is 1. The van der Waals surface area contributed by atoms with Crippen LogP contribution in [0.5, 0.6) is 0 Å². The van der Waals surface area contributed by atoms with Crippen LogP contribution in [-0.2, 0) is 14.8 Å². The molecular formula is C20H19N3O5S2. The van der Waals surface area contributed by atoms with Gasteiger partial charge in [0.1, 0.15) is 0 Å². The highest BCUT2D eigenvalue weighted by Crippen LogP contribution is 2.23. The average molecular weight is 446 g/mol. The molecule has 156 valence electrons. The summed E-state index contributed by atoms with van der Waals surface area (Å²) in [7, 11) is -2.41. The first-order valence-electron chi connectivity index (χ1n) is 8.91. The van der Waals surface area contributed by atoms with Crippen LogP contribution in [0.2, 0.25) is 0 Å². The van der Waals surface area contributed by atoms with Gasteiger partial charge in [0.15, 0.2) is 10.8 Å². The fraction of sp³-hybridized carbons (Fsp3) is 0.150. The third-order valence-corrected chi connectivity index (χ3v) is 6.62. The van der Waals surface area contributed by atoms with Gasteiger partial charge in [-0.3, -0.25) is 14.4 Å². The molecule has 0 radical (unpaired) electrons. The van der Waals surface area contributed by atoms with E-state index in [0.29, 0.717) is 5.69 Å². The molecule has 1 amide bonds. The van der Waals surface area contributed by atoms with Crippen molar-refractivity contribution in [1.29, 1.82) is 0 Å². The number of carbonyl (C=O) groups is 2. The monoisotopic (exact) mass is 445 g/mol. The van der Waals surface area contributed by atoms with Crippen LogP contribution in [0.25, 0.3) is 0 Å². The van der Waals surface area contributed by atoms with E-state index in [-0.39, 0.29) is 27.9 Å². The zero-order chi connectivity index (χ0) is 21.7. The van der Waals surface area contributed by atoms with Crippen molar-refractivity contribution in [2.75, 3.05) is 23.3 Å². The second-order valence-electron chi connectivity index (χ2n) is 6.05. The normalized spacial score (nSPS) is 11.0. The Morgan fingerprint density at radius 2 is 1.87 bits per heavy atom. The van der Waals surface area contributed by atoms with E-state index < -0.39 is 21.9 Å². The van der Waals surface area contributed by atoms with Gasteiger partial charge in [-0.2, -0.15) is 0 Å².